The van der Waals surface area contributed by atoms with Crippen molar-refractivity contribution in [1.29, 1.82) is 0 Å². The lowest BCUT2D eigenvalue weighted by Crippen LogP contribution is -1.92. The van der Waals surface area contributed by atoms with Crippen LogP contribution in [0.25, 0.3) is 0 Å². The van der Waals surface area contributed by atoms with Crippen LogP contribution in [0.2, 0.25) is 0 Å². The molecule has 0 saturated carbocycles. The van der Waals surface area contributed by atoms with E-state index in [4.69, 9.17) is 0 Å². The summed E-state index contributed by atoms with van der Waals surface area (Å²) in [6, 6.07) is 2.61. The zero-order valence-electron chi connectivity index (χ0n) is 5.37. The average molecular weight is 333 g/mol. The molecule has 0 aliphatic carbocycles. The van der Waals surface area contributed by atoms with Gasteiger partial charge in [-0.1, -0.05) is 15.9 Å². The predicted octanol–water partition coefficient (Wildman–Crippen LogP) is 3.46. The van der Waals surface area contributed by atoms with Crippen LogP contribution in [-0.4, -0.2) is 0 Å². The fourth-order valence-electron chi connectivity index (χ4n) is 0.700. The molecule has 60 valence electrons. The van der Waals surface area contributed by atoms with Gasteiger partial charge in [0.2, 0.25) is 0 Å². The first-order valence-corrected chi connectivity index (χ1v) is 5.04. The lowest BCUT2D eigenvalue weighted by molar-refractivity contribution is 0.565. The molecular formula is C7H4BrF2I. The first kappa shape index (κ1) is 9.38. The Hall–Kier alpha value is 0.290. The zero-order valence-corrected chi connectivity index (χ0v) is 9.12. The van der Waals surface area contributed by atoms with Crippen LogP contribution >= 0.6 is 38.5 Å². The van der Waals surface area contributed by atoms with E-state index in [0.717, 1.165) is 0 Å². The van der Waals surface area contributed by atoms with Crippen LogP contribution in [0.5, 0.6) is 0 Å². The van der Waals surface area contributed by atoms with Gasteiger partial charge in [0, 0.05) is 14.5 Å². The topological polar surface area (TPSA) is 0 Å². The summed E-state index contributed by atoms with van der Waals surface area (Å²) in [5, 5.41) is 0.210. The monoisotopic (exact) mass is 332 g/mol. The molecule has 11 heavy (non-hydrogen) atoms. The van der Waals surface area contributed by atoms with Gasteiger partial charge in [-0.15, -0.1) is 0 Å². The van der Waals surface area contributed by atoms with Gasteiger partial charge in [0.1, 0.15) is 11.6 Å². The highest BCUT2D eigenvalue weighted by atomic mass is 127. The van der Waals surface area contributed by atoms with Crippen molar-refractivity contribution in [2.45, 2.75) is 5.33 Å². The quantitative estimate of drug-likeness (QED) is 0.546. The van der Waals surface area contributed by atoms with Crippen LogP contribution < -0.4 is 0 Å². The van der Waals surface area contributed by atoms with Crippen molar-refractivity contribution >= 4 is 38.5 Å². The molecular weight excluding hydrogens is 329 g/mol. The normalized spacial score (nSPS) is 10.2. The van der Waals surface area contributed by atoms with E-state index in [-0.39, 0.29) is 10.9 Å². The van der Waals surface area contributed by atoms with Crippen LogP contribution in [0.1, 0.15) is 5.56 Å². The van der Waals surface area contributed by atoms with E-state index in [2.05, 4.69) is 15.9 Å². The SMILES string of the molecule is Fc1cc(I)cc(F)c1CBr. The molecule has 4 heteroatoms. The van der Waals surface area contributed by atoms with E-state index in [1.807, 2.05) is 22.6 Å². The predicted molar refractivity (Wildman–Crippen MR) is 51.7 cm³/mol. The molecule has 0 saturated heterocycles. The molecule has 0 N–H and O–H groups in total. The molecule has 1 aromatic carbocycles. The maximum atomic E-state index is 12.8. The van der Waals surface area contributed by atoms with Crippen molar-refractivity contribution < 1.29 is 8.78 Å². The minimum absolute atomic E-state index is 0.0883. The summed E-state index contributed by atoms with van der Waals surface area (Å²) in [4.78, 5) is 0. The molecule has 0 bridgehead atoms. The largest absolute Gasteiger partial charge is 0.207 e. The fourth-order valence-corrected chi connectivity index (χ4v) is 1.78. The van der Waals surface area contributed by atoms with Crippen LogP contribution in [0.4, 0.5) is 8.78 Å². The molecule has 0 aromatic heterocycles. The minimum Gasteiger partial charge on any atom is -0.207 e. The highest BCUT2D eigenvalue weighted by Gasteiger charge is 2.07. The smallest absolute Gasteiger partial charge is 0.131 e. The standard InChI is InChI=1S/C7H4BrF2I/c8-3-5-6(9)1-4(11)2-7(5)10/h1-2H,3H2. The minimum atomic E-state index is -0.494. The van der Waals surface area contributed by atoms with E-state index < -0.39 is 11.6 Å². The molecule has 0 heterocycles. The number of hydrogen-bond donors (Lipinski definition) is 0. The molecule has 0 spiro atoms. The Bertz CT molecular complexity index is 252. The van der Waals surface area contributed by atoms with Gasteiger partial charge in [-0.05, 0) is 34.7 Å². The molecule has 0 nitrogen and oxygen atoms in total. The highest BCUT2D eigenvalue weighted by molar-refractivity contribution is 14.1. The first-order chi connectivity index (χ1) is 5.15. The Morgan fingerprint density at radius 3 is 2.09 bits per heavy atom. The summed E-state index contributed by atoms with van der Waals surface area (Å²) in [6.07, 6.45) is 0. The second-order valence-corrected chi connectivity index (χ2v) is 3.79. The Kier molecular flexibility index (Phi) is 3.24. The van der Waals surface area contributed by atoms with E-state index >= 15 is 0 Å². The Balaban J connectivity index is 3.25. The summed E-state index contributed by atoms with van der Waals surface area (Å²) < 4.78 is 26.2. The van der Waals surface area contributed by atoms with Gasteiger partial charge in [0.15, 0.2) is 0 Å². The number of rotatable bonds is 1. The average Bonchev–Trinajstić information content (AvgIpc) is 1.85. The molecule has 0 radical (unpaired) electrons. The van der Waals surface area contributed by atoms with Gasteiger partial charge in [0.05, 0.1) is 0 Å². The van der Waals surface area contributed by atoms with Crippen molar-refractivity contribution in [1.82, 2.24) is 0 Å². The van der Waals surface area contributed by atoms with E-state index in [0.29, 0.717) is 3.57 Å². The molecule has 0 amide bonds. The summed E-state index contributed by atoms with van der Waals surface area (Å²) in [6.45, 7) is 0. The molecule has 0 aliphatic rings. The van der Waals surface area contributed by atoms with Crippen molar-refractivity contribution in [3.8, 4) is 0 Å². The van der Waals surface area contributed by atoms with Gasteiger partial charge in [-0.2, -0.15) is 0 Å². The van der Waals surface area contributed by atoms with Gasteiger partial charge >= 0.3 is 0 Å². The van der Waals surface area contributed by atoms with Gasteiger partial charge in [-0.3, -0.25) is 0 Å². The zero-order chi connectivity index (χ0) is 8.43. The number of alkyl halides is 1. The van der Waals surface area contributed by atoms with Crippen LogP contribution in [0.15, 0.2) is 12.1 Å². The van der Waals surface area contributed by atoms with E-state index in [1.165, 1.54) is 12.1 Å². The first-order valence-electron chi connectivity index (χ1n) is 2.84. The Labute approximate surface area is 85.3 Å². The molecule has 1 aromatic rings. The molecule has 0 unspecified atom stereocenters. The van der Waals surface area contributed by atoms with E-state index in [1.54, 1.807) is 0 Å². The summed E-state index contributed by atoms with van der Waals surface area (Å²) in [5.41, 5.74) is 0.0883. The van der Waals surface area contributed by atoms with Crippen molar-refractivity contribution in [3.63, 3.8) is 0 Å². The maximum absolute atomic E-state index is 12.8. The molecule has 1 rings (SSSR count). The van der Waals surface area contributed by atoms with Crippen molar-refractivity contribution in [3.05, 3.63) is 32.9 Å². The molecule has 0 atom stereocenters. The van der Waals surface area contributed by atoms with Gasteiger partial charge < -0.3 is 0 Å². The maximum Gasteiger partial charge on any atom is 0.131 e. The van der Waals surface area contributed by atoms with Crippen molar-refractivity contribution in [2.24, 2.45) is 0 Å². The number of hydrogen-bond acceptors (Lipinski definition) is 0. The third-order valence-electron chi connectivity index (χ3n) is 1.24. The fraction of sp³-hybridized carbons (Fsp3) is 0.143. The third-order valence-corrected chi connectivity index (χ3v) is 2.42. The Morgan fingerprint density at radius 1 is 1.27 bits per heavy atom. The van der Waals surface area contributed by atoms with Crippen LogP contribution in [-0.2, 0) is 5.33 Å². The lowest BCUT2D eigenvalue weighted by Gasteiger charge is -2.00. The second-order valence-electron chi connectivity index (χ2n) is 1.98. The summed E-state index contributed by atoms with van der Waals surface area (Å²) >= 11 is 4.87. The van der Waals surface area contributed by atoms with E-state index in [9.17, 15) is 8.78 Å². The second kappa shape index (κ2) is 3.80. The molecule has 0 fully saturated rings. The van der Waals surface area contributed by atoms with Crippen molar-refractivity contribution in [2.75, 3.05) is 0 Å². The highest BCUT2D eigenvalue weighted by Crippen LogP contribution is 2.18. The third kappa shape index (κ3) is 2.11. The molecule has 0 aliphatic heterocycles. The van der Waals surface area contributed by atoms with Gasteiger partial charge in [0.25, 0.3) is 0 Å². The summed E-state index contributed by atoms with van der Waals surface area (Å²) in [7, 11) is 0. The summed E-state index contributed by atoms with van der Waals surface area (Å²) in [5.74, 6) is -0.988. The number of benzene rings is 1. The lowest BCUT2D eigenvalue weighted by atomic mass is 10.2. The Morgan fingerprint density at radius 2 is 1.73 bits per heavy atom. The number of halogens is 4. The van der Waals surface area contributed by atoms with Gasteiger partial charge in [-0.25, -0.2) is 8.78 Å². The van der Waals surface area contributed by atoms with Crippen LogP contribution in [0.3, 0.4) is 0 Å². The van der Waals surface area contributed by atoms with Crippen LogP contribution in [0, 0.1) is 15.2 Å².